The number of fused-ring (bicyclic) bond motifs is 1. The average molecular weight is 445 g/mol. The zero-order valence-corrected chi connectivity index (χ0v) is 19.2. The van der Waals surface area contributed by atoms with Crippen LogP contribution in [0.3, 0.4) is 0 Å². The van der Waals surface area contributed by atoms with Crippen molar-refractivity contribution in [2.24, 2.45) is 0 Å². The molecule has 3 rings (SSSR count). The molecule has 1 atom stereocenters. The average Bonchev–Trinajstić information content (AvgIpc) is 3.03. The van der Waals surface area contributed by atoms with Gasteiger partial charge in [0.25, 0.3) is 5.56 Å². The van der Waals surface area contributed by atoms with Crippen molar-refractivity contribution < 1.29 is 9.59 Å². The Labute approximate surface area is 182 Å². The molecule has 9 heteroatoms. The number of thiophene rings is 1. The van der Waals surface area contributed by atoms with E-state index >= 15 is 0 Å². The van der Waals surface area contributed by atoms with Crippen LogP contribution in [0, 0.1) is 13.8 Å². The second kappa shape index (κ2) is 9.01. The monoisotopic (exact) mass is 444 g/mol. The summed E-state index contributed by atoms with van der Waals surface area (Å²) in [4.78, 5) is 43.9. The number of amides is 3. The molecule has 0 bridgehead atoms. The summed E-state index contributed by atoms with van der Waals surface area (Å²) in [5.74, 6) is -0.457. The Morgan fingerprint density at radius 3 is 2.67 bits per heavy atom. The zero-order valence-electron chi connectivity index (χ0n) is 17.5. The van der Waals surface area contributed by atoms with Gasteiger partial charge in [-0.25, -0.2) is 9.78 Å². The van der Waals surface area contributed by atoms with E-state index in [9.17, 15) is 14.4 Å². The van der Waals surface area contributed by atoms with Gasteiger partial charge in [-0.05, 0) is 50.5 Å². The molecule has 0 fully saturated rings. The van der Waals surface area contributed by atoms with Crippen molar-refractivity contribution in [1.82, 2.24) is 20.2 Å². The second-order valence-corrected chi connectivity index (χ2v) is 9.38. The van der Waals surface area contributed by atoms with Crippen LogP contribution in [0.1, 0.15) is 29.9 Å². The summed E-state index contributed by atoms with van der Waals surface area (Å²) < 4.78 is 1.56. The van der Waals surface area contributed by atoms with E-state index in [4.69, 9.17) is 4.98 Å². The first-order chi connectivity index (χ1) is 14.3. The van der Waals surface area contributed by atoms with Crippen LogP contribution in [-0.4, -0.2) is 33.8 Å². The largest absolute Gasteiger partial charge is 0.341 e. The molecule has 30 heavy (non-hydrogen) atoms. The van der Waals surface area contributed by atoms with Crippen LogP contribution in [0.15, 0.2) is 34.2 Å². The van der Waals surface area contributed by atoms with E-state index in [-0.39, 0.29) is 5.56 Å². The molecule has 158 valence electrons. The number of carbonyl (C=O) groups excluding carboxylic acids is 2. The first kappa shape index (κ1) is 22.0. The minimum Gasteiger partial charge on any atom is -0.341 e. The van der Waals surface area contributed by atoms with Gasteiger partial charge in [-0.15, -0.1) is 11.3 Å². The number of benzene rings is 1. The van der Waals surface area contributed by atoms with Crippen molar-refractivity contribution in [2.75, 3.05) is 7.05 Å². The normalized spacial score (nSPS) is 12.0. The molecule has 1 aromatic carbocycles. The Morgan fingerprint density at radius 1 is 1.30 bits per heavy atom. The fourth-order valence-corrected chi connectivity index (χ4v) is 5.27. The maximum absolute atomic E-state index is 13.6. The van der Waals surface area contributed by atoms with E-state index in [1.54, 1.807) is 11.5 Å². The van der Waals surface area contributed by atoms with E-state index in [2.05, 4.69) is 10.6 Å². The fraction of sp³-hybridized carbons (Fsp3) is 0.333. The Hall–Kier alpha value is -2.65. The maximum atomic E-state index is 13.6. The smallest absolute Gasteiger partial charge is 0.321 e. The van der Waals surface area contributed by atoms with Crippen molar-refractivity contribution in [3.05, 3.63) is 50.6 Å². The van der Waals surface area contributed by atoms with E-state index < -0.39 is 17.2 Å². The van der Waals surface area contributed by atoms with Crippen molar-refractivity contribution in [3.63, 3.8) is 0 Å². The molecule has 2 N–H and O–H groups in total. The number of hydrogen-bond donors (Lipinski definition) is 2. The number of nitrogens with one attached hydrogen (secondary N) is 2. The molecular formula is C21H24N4O3S2. The van der Waals surface area contributed by atoms with Crippen LogP contribution in [0.5, 0.6) is 0 Å². The molecule has 3 amide bonds. The van der Waals surface area contributed by atoms with Gasteiger partial charge in [0, 0.05) is 11.9 Å². The minimum absolute atomic E-state index is 0.145. The number of aromatic nitrogens is 2. The molecule has 0 spiro atoms. The summed E-state index contributed by atoms with van der Waals surface area (Å²) >= 11 is 2.64. The SMILES string of the molecule is CCc1c(C)sc2nc(SC(C)C(=O)NC(=O)NC)n(-c3cccc(C)c3)c(=O)c12. The highest BCUT2D eigenvalue weighted by Gasteiger charge is 2.23. The lowest BCUT2D eigenvalue weighted by molar-refractivity contribution is -0.119. The third kappa shape index (κ3) is 4.27. The Kier molecular flexibility index (Phi) is 6.62. The Balaban J connectivity index is 2.17. The van der Waals surface area contributed by atoms with Crippen LogP contribution in [0.25, 0.3) is 15.9 Å². The standard InChI is InChI=1S/C21H24N4O3S2/c1-6-15-12(3)29-18-16(15)19(27)25(14-9-7-8-11(2)10-14)21(24-18)30-13(4)17(26)23-20(28)22-5/h7-10,13H,6H2,1-5H3,(H2,22,23,26,28). The lowest BCUT2D eigenvalue weighted by Gasteiger charge is -2.16. The second-order valence-electron chi connectivity index (χ2n) is 6.87. The fourth-order valence-electron chi connectivity index (χ4n) is 3.18. The molecule has 0 saturated heterocycles. The highest BCUT2D eigenvalue weighted by Crippen LogP contribution is 2.31. The molecule has 7 nitrogen and oxygen atoms in total. The van der Waals surface area contributed by atoms with Crippen molar-refractivity contribution in [2.45, 2.75) is 44.5 Å². The van der Waals surface area contributed by atoms with Gasteiger partial charge >= 0.3 is 6.03 Å². The zero-order chi connectivity index (χ0) is 22.0. The number of imide groups is 1. The lowest BCUT2D eigenvalue weighted by atomic mass is 10.1. The number of urea groups is 1. The summed E-state index contributed by atoms with van der Waals surface area (Å²) in [6, 6.07) is 7.04. The van der Waals surface area contributed by atoms with Crippen LogP contribution in [0.4, 0.5) is 4.79 Å². The molecule has 0 aliphatic rings. The van der Waals surface area contributed by atoms with E-state index in [0.717, 1.165) is 34.2 Å². The molecule has 1 unspecified atom stereocenters. The molecule has 0 aliphatic carbocycles. The van der Waals surface area contributed by atoms with Gasteiger partial charge in [0.15, 0.2) is 5.16 Å². The van der Waals surface area contributed by atoms with E-state index in [0.29, 0.717) is 21.1 Å². The first-order valence-corrected chi connectivity index (χ1v) is 11.3. The number of thioether (sulfide) groups is 1. The molecule has 0 radical (unpaired) electrons. The molecule has 2 heterocycles. The van der Waals surface area contributed by atoms with E-state index in [1.807, 2.05) is 45.0 Å². The predicted molar refractivity (Wildman–Crippen MR) is 122 cm³/mol. The minimum atomic E-state index is -0.630. The van der Waals surface area contributed by atoms with Gasteiger partial charge < -0.3 is 5.32 Å². The molecule has 2 aromatic heterocycles. The van der Waals surface area contributed by atoms with Gasteiger partial charge in [-0.1, -0.05) is 30.8 Å². The summed E-state index contributed by atoms with van der Waals surface area (Å²) in [6.07, 6.45) is 0.744. The quantitative estimate of drug-likeness (QED) is 0.464. The number of rotatable bonds is 5. The lowest BCUT2D eigenvalue weighted by Crippen LogP contribution is -2.41. The number of nitrogens with zero attached hydrogens (tertiary/aromatic N) is 2. The maximum Gasteiger partial charge on any atom is 0.321 e. The topological polar surface area (TPSA) is 93.1 Å². The third-order valence-electron chi connectivity index (χ3n) is 4.72. The third-order valence-corrected chi connectivity index (χ3v) is 6.82. The van der Waals surface area contributed by atoms with Gasteiger partial charge in [0.2, 0.25) is 5.91 Å². The van der Waals surface area contributed by atoms with Gasteiger partial charge in [-0.3, -0.25) is 19.5 Å². The van der Waals surface area contributed by atoms with Crippen molar-refractivity contribution in [3.8, 4) is 5.69 Å². The summed E-state index contributed by atoms with van der Waals surface area (Å²) in [5.41, 5.74) is 2.57. The highest BCUT2D eigenvalue weighted by molar-refractivity contribution is 8.00. The molecular weight excluding hydrogens is 420 g/mol. The van der Waals surface area contributed by atoms with E-state index in [1.165, 1.54) is 18.4 Å². The first-order valence-electron chi connectivity index (χ1n) is 9.58. The van der Waals surface area contributed by atoms with Gasteiger partial charge in [0.05, 0.1) is 16.3 Å². The van der Waals surface area contributed by atoms with Crippen molar-refractivity contribution in [1.29, 1.82) is 0 Å². The van der Waals surface area contributed by atoms with Crippen LogP contribution < -0.4 is 16.2 Å². The van der Waals surface area contributed by atoms with Gasteiger partial charge in [-0.2, -0.15) is 0 Å². The predicted octanol–water partition coefficient (Wildman–Crippen LogP) is 3.56. The summed E-state index contributed by atoms with van der Waals surface area (Å²) in [7, 11) is 1.44. The molecule has 0 saturated carbocycles. The van der Waals surface area contributed by atoms with Crippen LogP contribution in [-0.2, 0) is 11.2 Å². The summed E-state index contributed by atoms with van der Waals surface area (Å²) in [6.45, 7) is 7.66. The highest BCUT2D eigenvalue weighted by atomic mass is 32.2. The number of hydrogen-bond acceptors (Lipinski definition) is 6. The Bertz CT molecular complexity index is 1180. The van der Waals surface area contributed by atoms with Gasteiger partial charge in [0.1, 0.15) is 4.83 Å². The Morgan fingerprint density at radius 2 is 2.03 bits per heavy atom. The number of aryl methyl sites for hydroxylation is 3. The van der Waals surface area contributed by atoms with Crippen LogP contribution >= 0.6 is 23.1 Å². The molecule has 3 aromatic rings. The molecule has 0 aliphatic heterocycles. The summed E-state index contributed by atoms with van der Waals surface area (Å²) in [5, 5.41) is 5.05. The van der Waals surface area contributed by atoms with Crippen LogP contribution in [0.2, 0.25) is 0 Å². The van der Waals surface area contributed by atoms with Crippen molar-refractivity contribution >= 4 is 45.3 Å². The number of carbonyl (C=O) groups is 2.